The molecule has 1 N–H and O–H groups in total. The lowest BCUT2D eigenvalue weighted by Crippen LogP contribution is -2.49. The molecule has 0 aliphatic carbocycles. The fraction of sp³-hybridized carbons (Fsp3) is 0.429. The molecule has 2 aliphatic rings. The summed E-state index contributed by atoms with van der Waals surface area (Å²) in [7, 11) is -3.43. The van der Waals surface area contributed by atoms with Crippen molar-refractivity contribution in [3.63, 3.8) is 0 Å². The third-order valence-corrected chi connectivity index (χ3v) is 7.91. The van der Waals surface area contributed by atoms with Gasteiger partial charge >= 0.3 is 0 Å². The molecule has 2 atom stereocenters. The molecule has 172 valence electrons. The highest BCUT2D eigenvalue weighted by Gasteiger charge is 2.30. The minimum absolute atomic E-state index is 0.0580. The second-order valence-electron chi connectivity index (χ2n) is 8.06. The van der Waals surface area contributed by atoms with Crippen LogP contribution in [0.3, 0.4) is 0 Å². The number of anilines is 3. The van der Waals surface area contributed by atoms with Crippen molar-refractivity contribution in [3.8, 4) is 0 Å². The highest BCUT2D eigenvalue weighted by molar-refractivity contribution is 7.93. The van der Waals surface area contributed by atoms with Crippen LogP contribution >= 0.6 is 23.2 Å². The van der Waals surface area contributed by atoms with Crippen LogP contribution < -0.4 is 14.5 Å². The molecule has 3 heterocycles. The zero-order chi connectivity index (χ0) is 23.0. The molecular formula is C21H24Cl2N4O4S. The van der Waals surface area contributed by atoms with E-state index in [1.807, 2.05) is 12.1 Å². The van der Waals surface area contributed by atoms with Crippen LogP contribution in [0.1, 0.15) is 30.6 Å². The third-order valence-electron chi connectivity index (χ3n) is 5.55. The van der Waals surface area contributed by atoms with Gasteiger partial charge in [-0.1, -0.05) is 23.2 Å². The smallest absolute Gasteiger partial charge is 0.257 e. The van der Waals surface area contributed by atoms with Gasteiger partial charge < -0.3 is 15.0 Å². The average Bonchev–Trinajstić information content (AvgIpc) is 3.07. The minimum Gasteiger partial charge on any atom is -0.377 e. The summed E-state index contributed by atoms with van der Waals surface area (Å²) in [6.07, 6.45) is 1.80. The second kappa shape index (κ2) is 9.05. The van der Waals surface area contributed by atoms with Crippen LogP contribution in [0, 0.1) is 0 Å². The lowest BCUT2D eigenvalue weighted by Gasteiger charge is -2.40. The standard InChI is InChI=1S/C21H24Cl2N4O4S/c1-13-11-31-12-14(2)27(13)17-7-15(22)6-16(8-17)25-21(28)18-9-20(24-10-19(18)23)26-4-3-5-32(26,29)30/h6-10,13-14H,3-5,11-12H2,1-2H3,(H,25,28). The first kappa shape index (κ1) is 23.1. The van der Waals surface area contributed by atoms with Gasteiger partial charge in [-0.25, -0.2) is 13.4 Å². The lowest BCUT2D eigenvalue weighted by molar-refractivity contribution is 0.0757. The van der Waals surface area contributed by atoms with Crippen molar-refractivity contribution in [2.75, 3.05) is 40.0 Å². The van der Waals surface area contributed by atoms with E-state index in [1.54, 1.807) is 6.07 Å². The number of ether oxygens (including phenoxy) is 1. The van der Waals surface area contributed by atoms with E-state index in [1.165, 1.54) is 16.6 Å². The van der Waals surface area contributed by atoms with Gasteiger partial charge in [0.05, 0.1) is 29.6 Å². The number of hydrogen-bond acceptors (Lipinski definition) is 6. The van der Waals surface area contributed by atoms with Gasteiger partial charge in [0.25, 0.3) is 5.91 Å². The molecule has 2 aromatic rings. The van der Waals surface area contributed by atoms with Crippen LogP contribution in [-0.2, 0) is 14.8 Å². The number of aromatic nitrogens is 1. The molecule has 4 rings (SSSR count). The average molecular weight is 499 g/mol. The molecule has 2 unspecified atom stereocenters. The molecule has 11 heteroatoms. The van der Waals surface area contributed by atoms with Crippen molar-refractivity contribution < 1.29 is 17.9 Å². The first-order chi connectivity index (χ1) is 15.2. The van der Waals surface area contributed by atoms with Crippen molar-refractivity contribution in [1.82, 2.24) is 4.98 Å². The number of pyridine rings is 1. The number of benzene rings is 1. The predicted octanol–water partition coefficient (Wildman–Crippen LogP) is 3.79. The third kappa shape index (κ3) is 4.66. The number of sulfonamides is 1. The van der Waals surface area contributed by atoms with Crippen LogP contribution in [0.4, 0.5) is 17.2 Å². The molecule has 0 bridgehead atoms. The largest absolute Gasteiger partial charge is 0.377 e. The van der Waals surface area contributed by atoms with Crippen molar-refractivity contribution in [1.29, 1.82) is 0 Å². The van der Waals surface area contributed by atoms with Gasteiger partial charge in [0, 0.05) is 41.2 Å². The summed E-state index contributed by atoms with van der Waals surface area (Å²) in [5, 5.41) is 3.43. The van der Waals surface area contributed by atoms with Gasteiger partial charge in [-0.15, -0.1) is 0 Å². The number of nitrogens with one attached hydrogen (secondary N) is 1. The van der Waals surface area contributed by atoms with Crippen molar-refractivity contribution in [2.45, 2.75) is 32.4 Å². The van der Waals surface area contributed by atoms with E-state index in [0.717, 1.165) is 5.69 Å². The van der Waals surface area contributed by atoms with E-state index in [0.29, 0.717) is 36.9 Å². The Labute approximate surface area is 197 Å². The topological polar surface area (TPSA) is 91.8 Å². The summed E-state index contributed by atoms with van der Waals surface area (Å²) in [6, 6.07) is 7.06. The van der Waals surface area contributed by atoms with Crippen LogP contribution in [0.5, 0.6) is 0 Å². The summed E-state index contributed by atoms with van der Waals surface area (Å²) in [5.74, 6) is -0.242. The van der Waals surface area contributed by atoms with E-state index in [2.05, 4.69) is 29.0 Å². The molecule has 0 saturated carbocycles. The summed E-state index contributed by atoms with van der Waals surface area (Å²) < 4.78 is 31.2. The molecular weight excluding hydrogens is 475 g/mol. The molecule has 2 fully saturated rings. The number of halogens is 2. The number of rotatable bonds is 4. The maximum atomic E-state index is 13.0. The molecule has 32 heavy (non-hydrogen) atoms. The Bertz CT molecular complexity index is 1130. The molecule has 0 spiro atoms. The lowest BCUT2D eigenvalue weighted by atomic mass is 10.1. The van der Waals surface area contributed by atoms with E-state index < -0.39 is 15.9 Å². The Morgan fingerprint density at radius 2 is 1.88 bits per heavy atom. The maximum absolute atomic E-state index is 13.0. The molecule has 1 aromatic carbocycles. The quantitative estimate of drug-likeness (QED) is 0.689. The van der Waals surface area contributed by atoms with Crippen molar-refractivity contribution in [2.24, 2.45) is 0 Å². The summed E-state index contributed by atoms with van der Waals surface area (Å²) in [6.45, 7) is 5.67. The van der Waals surface area contributed by atoms with Gasteiger partial charge in [-0.05, 0) is 44.5 Å². The number of morpholine rings is 1. The number of carbonyl (C=O) groups excluding carboxylic acids is 1. The maximum Gasteiger partial charge on any atom is 0.257 e. The molecule has 1 aromatic heterocycles. The summed E-state index contributed by atoms with van der Waals surface area (Å²) in [4.78, 5) is 19.3. The molecule has 0 radical (unpaired) electrons. The molecule has 2 aliphatic heterocycles. The van der Waals surface area contributed by atoms with Gasteiger partial charge in [0.2, 0.25) is 10.0 Å². The predicted molar refractivity (Wildman–Crippen MR) is 127 cm³/mol. The SMILES string of the molecule is CC1COCC(C)N1c1cc(Cl)cc(NC(=O)c2cc(N3CCCS3(=O)=O)ncc2Cl)c1. The van der Waals surface area contributed by atoms with Crippen LogP contribution in [0.2, 0.25) is 10.0 Å². The Morgan fingerprint density at radius 1 is 1.16 bits per heavy atom. The molecule has 2 saturated heterocycles. The molecule has 8 nitrogen and oxygen atoms in total. The van der Waals surface area contributed by atoms with E-state index >= 15 is 0 Å². The van der Waals surface area contributed by atoms with Gasteiger partial charge in [-0.3, -0.25) is 9.10 Å². The Kier molecular flexibility index (Phi) is 6.53. The Hall–Kier alpha value is -2.07. The van der Waals surface area contributed by atoms with E-state index in [-0.39, 0.29) is 34.2 Å². The minimum atomic E-state index is -3.43. The van der Waals surface area contributed by atoms with Crippen LogP contribution in [0.25, 0.3) is 0 Å². The Balaban J connectivity index is 1.61. The summed E-state index contributed by atoms with van der Waals surface area (Å²) >= 11 is 12.6. The van der Waals surface area contributed by atoms with Crippen LogP contribution in [0.15, 0.2) is 30.5 Å². The van der Waals surface area contributed by atoms with E-state index in [9.17, 15) is 13.2 Å². The molecule has 1 amide bonds. The highest BCUT2D eigenvalue weighted by Crippen LogP contribution is 2.31. The van der Waals surface area contributed by atoms with Crippen molar-refractivity contribution >= 4 is 56.3 Å². The highest BCUT2D eigenvalue weighted by atomic mass is 35.5. The second-order valence-corrected chi connectivity index (χ2v) is 10.9. The van der Waals surface area contributed by atoms with Gasteiger partial charge in [0.1, 0.15) is 5.82 Å². The fourth-order valence-electron chi connectivity index (χ4n) is 4.14. The number of hydrogen-bond donors (Lipinski definition) is 1. The normalized spacial score (nSPS) is 22.8. The monoisotopic (exact) mass is 498 g/mol. The Morgan fingerprint density at radius 3 is 2.53 bits per heavy atom. The first-order valence-electron chi connectivity index (χ1n) is 10.3. The number of amides is 1. The zero-order valence-corrected chi connectivity index (χ0v) is 20.0. The van der Waals surface area contributed by atoms with E-state index in [4.69, 9.17) is 27.9 Å². The van der Waals surface area contributed by atoms with Crippen LogP contribution in [-0.4, -0.2) is 56.9 Å². The number of carbonyl (C=O) groups is 1. The zero-order valence-electron chi connectivity index (χ0n) is 17.7. The first-order valence-corrected chi connectivity index (χ1v) is 12.7. The van der Waals surface area contributed by atoms with Crippen molar-refractivity contribution in [3.05, 3.63) is 46.1 Å². The van der Waals surface area contributed by atoms with Gasteiger partial charge in [-0.2, -0.15) is 0 Å². The fourth-order valence-corrected chi connectivity index (χ4v) is 6.07. The number of nitrogens with zero attached hydrogens (tertiary/aromatic N) is 3. The summed E-state index contributed by atoms with van der Waals surface area (Å²) in [5.41, 5.74) is 1.51. The van der Waals surface area contributed by atoms with Gasteiger partial charge in [0.15, 0.2) is 0 Å².